The van der Waals surface area contributed by atoms with E-state index < -0.39 is 46.2 Å². The molecule has 82 heavy (non-hydrogen) atoms. The maximum atomic E-state index is 12.2. The summed E-state index contributed by atoms with van der Waals surface area (Å²) >= 11 is 0. The van der Waals surface area contributed by atoms with Gasteiger partial charge in [0, 0.05) is 72.2 Å². The Morgan fingerprint density at radius 2 is 0.939 bits per heavy atom. The fraction of sp³-hybridized carbons (Fsp3) is 0.333. The average Bonchev–Trinajstić information content (AvgIpc) is 3.30. The minimum absolute atomic E-state index is 0.0556. The molecule has 4 heterocycles. The van der Waals surface area contributed by atoms with Gasteiger partial charge in [-0.3, -0.25) is 0 Å². The lowest BCUT2D eigenvalue weighted by Gasteiger charge is -2.47. The standard InChI is InChI=1S/C66H60N6O10/c1-63(2)49-13-9-11-15-53(49)71(39-41-17-21-45(22-18-41)59(73)77-7)55(63)27-25-47-57(51(37-67)69-5)79-65(81-61(47)75)33-29-43(30-34-65)44-31-35-66(36-32-44)80-58(52(38-68)70-6)48(62(76)82-66)26-28-56-64(3,4)50-14-10-12-16-54(50)72(56)40-42-19-23-46(24-20-42)60(74)78-8/h9-28,43-44H,29-36,39-40H2,1-4,7-8H3/p+2. The molecule has 2 aliphatic carbocycles. The Labute approximate surface area is 477 Å². The number of hydrogen-bond acceptors (Lipinski definition) is 12. The van der Waals surface area contributed by atoms with Crippen molar-refractivity contribution in [3.63, 3.8) is 0 Å². The van der Waals surface area contributed by atoms with Crippen molar-refractivity contribution in [2.24, 2.45) is 11.8 Å². The zero-order valence-electron chi connectivity index (χ0n) is 46.6. The number of esters is 2. The van der Waals surface area contributed by atoms with Crippen LogP contribution in [0.25, 0.3) is 9.69 Å². The molecule has 2 saturated carbocycles. The van der Waals surface area contributed by atoms with Crippen LogP contribution in [0.3, 0.4) is 0 Å². The molecule has 0 atom stereocenters. The number of nitrogens with zero attached hydrogens (tertiary/aromatic N) is 6. The summed E-state index contributed by atoms with van der Waals surface area (Å²) in [7, 11) is 2.69. The molecule has 0 radical (unpaired) electrons. The van der Waals surface area contributed by atoms with Gasteiger partial charge in [0.25, 0.3) is 23.5 Å². The number of carbonyl (C=O) groups excluding carboxylic acids is 2. The maximum Gasteiger partial charge on any atom is 0.337 e. The Kier molecular flexibility index (Phi) is 15.0. The van der Waals surface area contributed by atoms with E-state index in [2.05, 4.69) is 58.7 Å². The minimum Gasteiger partial charge on any atom is -0.480 e. The number of allylic oxidation sites excluding steroid dienone is 6. The lowest BCUT2D eigenvalue weighted by molar-refractivity contribution is -0.455. The predicted molar refractivity (Wildman–Crippen MR) is 302 cm³/mol. The number of aliphatic hydroxyl groups excluding tert-OH is 2. The van der Waals surface area contributed by atoms with Gasteiger partial charge in [0.15, 0.2) is 36.0 Å². The SMILES string of the molecule is [C-]#[N+]C(C#N)=C1OC2(CCC(C3CCC4(CC3)OC(O)=C(C=CC3=[N+](Cc5ccc(C(=O)OC)cc5)c5ccccc5C3(C)C)C(=C(C#N)[N+]#[C-])O4)CC2)OC(O)=C1C=CC1=[N+](Cc2ccc(C(=O)OC)cc2)c2ccccc2C1(C)C. The quantitative estimate of drug-likeness (QED) is 0.0626. The first-order chi connectivity index (χ1) is 39.4. The van der Waals surface area contributed by atoms with Gasteiger partial charge in [-0.2, -0.15) is 9.15 Å². The van der Waals surface area contributed by atoms with Crippen molar-refractivity contribution >= 4 is 34.7 Å². The van der Waals surface area contributed by atoms with Crippen molar-refractivity contribution in [2.45, 2.75) is 115 Å². The molecular formula is C66H62N6O10+2. The second kappa shape index (κ2) is 22.1. The van der Waals surface area contributed by atoms with Gasteiger partial charge >= 0.3 is 23.3 Å². The van der Waals surface area contributed by atoms with Crippen LogP contribution in [0.15, 0.2) is 167 Å². The molecule has 0 unspecified atom stereocenters. The summed E-state index contributed by atoms with van der Waals surface area (Å²) in [6, 6.07) is 34.6. The summed E-state index contributed by atoms with van der Waals surface area (Å²) in [6.45, 7) is 25.3. The number of benzene rings is 4. The van der Waals surface area contributed by atoms with Crippen LogP contribution in [0, 0.1) is 47.6 Å². The van der Waals surface area contributed by atoms with E-state index in [1.807, 2.05) is 85.0 Å². The van der Waals surface area contributed by atoms with Gasteiger partial charge in [0.1, 0.15) is 0 Å². The van der Waals surface area contributed by atoms with Crippen LogP contribution in [0.5, 0.6) is 0 Å². The maximum absolute atomic E-state index is 12.2. The van der Waals surface area contributed by atoms with Crippen molar-refractivity contribution in [2.75, 3.05) is 14.2 Å². The minimum atomic E-state index is -1.33. The van der Waals surface area contributed by atoms with E-state index in [9.17, 15) is 30.3 Å². The molecule has 2 fully saturated rings. The third-order valence-corrected chi connectivity index (χ3v) is 17.1. The molecule has 6 aliphatic rings. The molecule has 16 heteroatoms. The fourth-order valence-electron chi connectivity index (χ4n) is 12.6. The number of para-hydroxylation sites is 2. The number of ether oxygens (including phenoxy) is 6. The highest BCUT2D eigenvalue weighted by Gasteiger charge is 2.52. The number of nitriles is 2. The van der Waals surface area contributed by atoms with Crippen LogP contribution in [0.1, 0.15) is 122 Å². The number of carbonyl (C=O) groups is 2. The van der Waals surface area contributed by atoms with Gasteiger partial charge in [0.05, 0.1) is 72.6 Å². The first-order valence-electron chi connectivity index (χ1n) is 27.3. The lowest BCUT2D eigenvalue weighted by Crippen LogP contribution is -2.46. The van der Waals surface area contributed by atoms with Crippen LogP contribution in [0.4, 0.5) is 11.4 Å². The zero-order chi connectivity index (χ0) is 58.1. The van der Waals surface area contributed by atoms with E-state index in [1.54, 1.807) is 36.4 Å². The van der Waals surface area contributed by atoms with Crippen LogP contribution in [0.2, 0.25) is 0 Å². The Bertz CT molecular complexity index is 3460. The van der Waals surface area contributed by atoms with E-state index in [0.29, 0.717) is 75.6 Å². The van der Waals surface area contributed by atoms with E-state index in [0.717, 1.165) is 45.1 Å². The molecular weight excluding hydrogens is 1040 g/mol. The molecule has 4 aromatic rings. The molecule has 2 N–H and O–H groups in total. The van der Waals surface area contributed by atoms with Crippen LogP contribution in [-0.4, -0.2) is 68.5 Å². The summed E-state index contributed by atoms with van der Waals surface area (Å²) in [4.78, 5) is 31.4. The fourth-order valence-corrected chi connectivity index (χ4v) is 12.6. The van der Waals surface area contributed by atoms with E-state index in [4.69, 9.17) is 41.6 Å². The number of hydrogen-bond donors (Lipinski definition) is 2. The van der Waals surface area contributed by atoms with Crippen molar-refractivity contribution in [3.8, 4) is 12.1 Å². The van der Waals surface area contributed by atoms with Crippen molar-refractivity contribution in [3.05, 3.63) is 224 Å². The lowest BCUT2D eigenvalue weighted by atomic mass is 9.70. The van der Waals surface area contributed by atoms with Gasteiger partial charge in [0.2, 0.25) is 11.4 Å². The largest absolute Gasteiger partial charge is 0.480 e. The molecule has 414 valence electrons. The van der Waals surface area contributed by atoms with Crippen LogP contribution >= 0.6 is 0 Å². The molecule has 0 amide bonds. The monoisotopic (exact) mass is 1100 g/mol. The number of methoxy groups -OCH3 is 2. The molecule has 16 nitrogen and oxygen atoms in total. The Balaban J connectivity index is 0.854. The van der Waals surface area contributed by atoms with Crippen LogP contribution in [-0.2, 0) is 52.3 Å². The molecule has 10 rings (SSSR count). The van der Waals surface area contributed by atoms with Gasteiger partial charge in [-0.05, 0) is 102 Å². The number of aliphatic hydroxyl groups is 2. The summed E-state index contributed by atoms with van der Waals surface area (Å²) < 4.78 is 40.0. The van der Waals surface area contributed by atoms with E-state index in [-0.39, 0.29) is 45.9 Å². The zero-order valence-corrected chi connectivity index (χ0v) is 46.6. The average molecular weight is 1100 g/mol. The molecule has 0 saturated heterocycles. The number of fused-ring (bicyclic) bond motifs is 2. The summed E-state index contributed by atoms with van der Waals surface area (Å²) in [5, 5.41) is 44.1. The topological polar surface area (TPSA) is 192 Å². The Morgan fingerprint density at radius 1 is 0.585 bits per heavy atom. The summed E-state index contributed by atoms with van der Waals surface area (Å²) in [5.41, 5.74) is 7.12. The molecule has 2 spiro atoms. The second-order valence-electron chi connectivity index (χ2n) is 22.4. The normalized spacial score (nSPS) is 24.5. The third-order valence-electron chi connectivity index (χ3n) is 17.1. The van der Waals surface area contributed by atoms with Gasteiger partial charge in [-0.25, -0.2) is 29.8 Å². The highest BCUT2D eigenvalue weighted by molar-refractivity contribution is 6.04. The van der Waals surface area contributed by atoms with Gasteiger partial charge in [-0.15, -0.1) is 0 Å². The highest BCUT2D eigenvalue weighted by Crippen LogP contribution is 2.52. The highest BCUT2D eigenvalue weighted by atomic mass is 16.8. The summed E-state index contributed by atoms with van der Waals surface area (Å²) in [6.07, 6.45) is 11.0. The number of rotatable bonds is 11. The van der Waals surface area contributed by atoms with E-state index >= 15 is 0 Å². The Morgan fingerprint density at radius 3 is 1.27 bits per heavy atom. The van der Waals surface area contributed by atoms with Crippen molar-refractivity contribution in [1.29, 1.82) is 10.5 Å². The summed E-state index contributed by atoms with van der Waals surface area (Å²) in [5.74, 6) is -4.13. The van der Waals surface area contributed by atoms with E-state index in [1.165, 1.54) is 14.2 Å². The molecule has 4 aromatic carbocycles. The van der Waals surface area contributed by atoms with Crippen molar-refractivity contribution in [1.82, 2.24) is 0 Å². The first-order valence-corrected chi connectivity index (χ1v) is 27.3. The van der Waals surface area contributed by atoms with Gasteiger partial charge in [-0.1, -0.05) is 60.7 Å². The second-order valence-corrected chi connectivity index (χ2v) is 22.4. The first kappa shape index (κ1) is 55.7. The molecule has 4 aliphatic heterocycles. The van der Waals surface area contributed by atoms with Crippen molar-refractivity contribution < 1.29 is 57.4 Å². The third kappa shape index (κ3) is 10.2. The Hall–Kier alpha value is -9.64. The molecule has 0 bridgehead atoms. The van der Waals surface area contributed by atoms with Crippen LogP contribution < -0.4 is 0 Å². The molecule has 0 aromatic heterocycles. The van der Waals surface area contributed by atoms with Gasteiger partial charge < -0.3 is 38.6 Å². The predicted octanol–water partition coefficient (Wildman–Crippen LogP) is 12.9. The smallest absolute Gasteiger partial charge is 0.337 e.